The molecule has 144 valence electrons. The van der Waals surface area contributed by atoms with Crippen LogP contribution in [-0.4, -0.2) is 52.0 Å². The van der Waals surface area contributed by atoms with Crippen LogP contribution in [0.3, 0.4) is 0 Å². The number of anilines is 1. The van der Waals surface area contributed by atoms with Crippen molar-refractivity contribution >= 4 is 34.1 Å². The first-order valence-corrected chi connectivity index (χ1v) is 9.60. The van der Waals surface area contributed by atoms with Gasteiger partial charge in [-0.15, -0.1) is 5.10 Å². The number of halogens is 1. The number of fused-ring (bicyclic) bond motifs is 1. The van der Waals surface area contributed by atoms with Crippen molar-refractivity contribution in [3.8, 4) is 0 Å². The fourth-order valence-electron chi connectivity index (χ4n) is 3.42. The second-order valence-electron chi connectivity index (χ2n) is 6.73. The lowest BCUT2D eigenvalue weighted by Crippen LogP contribution is -2.49. The number of carbonyl (C=O) groups excluding carboxylic acids is 1. The Morgan fingerprint density at radius 3 is 2.61 bits per heavy atom. The van der Waals surface area contributed by atoms with Gasteiger partial charge in [-0.25, -0.2) is 4.68 Å². The van der Waals surface area contributed by atoms with E-state index in [9.17, 15) is 9.59 Å². The quantitative estimate of drug-likeness (QED) is 0.674. The van der Waals surface area contributed by atoms with E-state index < -0.39 is 0 Å². The van der Waals surface area contributed by atoms with Crippen molar-refractivity contribution in [2.45, 2.75) is 13.0 Å². The van der Waals surface area contributed by atoms with Gasteiger partial charge >= 0.3 is 0 Å². The second-order valence-corrected chi connectivity index (χ2v) is 7.17. The summed E-state index contributed by atoms with van der Waals surface area (Å²) in [5.41, 5.74) is 1.41. The van der Waals surface area contributed by atoms with Crippen LogP contribution in [0.25, 0.3) is 10.9 Å². The lowest BCUT2D eigenvalue weighted by atomic mass is 10.2. The maximum absolute atomic E-state index is 12.6. The number of benzene rings is 2. The molecule has 2 aromatic carbocycles. The Bertz CT molecular complexity index is 1060. The van der Waals surface area contributed by atoms with Gasteiger partial charge in [-0.05, 0) is 30.3 Å². The Morgan fingerprint density at radius 1 is 1.04 bits per heavy atom. The molecule has 1 fully saturated rings. The highest BCUT2D eigenvalue weighted by Crippen LogP contribution is 2.21. The zero-order valence-corrected chi connectivity index (χ0v) is 16.0. The van der Waals surface area contributed by atoms with E-state index in [0.717, 1.165) is 18.8 Å². The van der Waals surface area contributed by atoms with Gasteiger partial charge in [0.2, 0.25) is 5.91 Å². The van der Waals surface area contributed by atoms with E-state index in [1.807, 2.05) is 35.2 Å². The molecule has 1 aromatic heterocycles. The molecule has 0 unspecified atom stereocenters. The molecule has 1 aliphatic heterocycles. The molecule has 8 heteroatoms. The number of nitrogens with zero attached hydrogens (tertiary/aromatic N) is 5. The fraction of sp³-hybridized carbons (Fsp3) is 0.300. The van der Waals surface area contributed by atoms with Crippen molar-refractivity contribution in [3.05, 3.63) is 63.9 Å². The van der Waals surface area contributed by atoms with Crippen LogP contribution >= 0.6 is 11.6 Å². The number of hydrogen-bond donors (Lipinski definition) is 0. The van der Waals surface area contributed by atoms with Crippen molar-refractivity contribution in [1.29, 1.82) is 0 Å². The molecule has 0 atom stereocenters. The fourth-order valence-corrected chi connectivity index (χ4v) is 3.60. The normalized spacial score (nSPS) is 14.5. The number of aryl methyl sites for hydroxylation is 1. The molecule has 7 nitrogen and oxygen atoms in total. The second kappa shape index (κ2) is 7.98. The predicted molar refractivity (Wildman–Crippen MR) is 109 cm³/mol. The average Bonchev–Trinajstić information content (AvgIpc) is 2.73. The van der Waals surface area contributed by atoms with Gasteiger partial charge in [-0.3, -0.25) is 9.59 Å². The van der Waals surface area contributed by atoms with Crippen LogP contribution in [0, 0.1) is 0 Å². The molecule has 0 saturated carbocycles. The van der Waals surface area contributed by atoms with Crippen LogP contribution in [0.4, 0.5) is 5.69 Å². The summed E-state index contributed by atoms with van der Waals surface area (Å²) in [6, 6.07) is 14.8. The number of hydrogen-bond acceptors (Lipinski definition) is 5. The predicted octanol–water partition coefficient (Wildman–Crippen LogP) is 2.18. The summed E-state index contributed by atoms with van der Waals surface area (Å²) in [6.07, 6.45) is 0.226. The van der Waals surface area contributed by atoms with Crippen LogP contribution < -0.4 is 10.5 Å². The summed E-state index contributed by atoms with van der Waals surface area (Å²) < 4.78 is 1.27. The molecule has 0 aliphatic carbocycles. The molecule has 4 rings (SSSR count). The minimum atomic E-state index is -0.218. The first-order chi connectivity index (χ1) is 13.6. The van der Waals surface area contributed by atoms with E-state index in [0.29, 0.717) is 29.0 Å². The minimum Gasteiger partial charge on any atom is -0.368 e. The van der Waals surface area contributed by atoms with Gasteiger partial charge in [-0.1, -0.05) is 35.0 Å². The Hall–Kier alpha value is -2.93. The van der Waals surface area contributed by atoms with E-state index in [4.69, 9.17) is 11.6 Å². The number of piperazine rings is 1. The van der Waals surface area contributed by atoms with Crippen LogP contribution in [0.15, 0.2) is 53.3 Å². The van der Waals surface area contributed by atoms with Gasteiger partial charge in [0.15, 0.2) is 0 Å². The Labute approximate surface area is 167 Å². The molecule has 1 saturated heterocycles. The van der Waals surface area contributed by atoms with E-state index in [1.54, 1.807) is 18.2 Å². The minimum absolute atomic E-state index is 0.0209. The largest absolute Gasteiger partial charge is 0.368 e. The van der Waals surface area contributed by atoms with Gasteiger partial charge in [-0.2, -0.15) is 0 Å². The standard InChI is InChI=1S/C20H20ClN5O2/c21-15-4-3-5-16(14-15)24-10-12-25(13-11-24)19(27)8-9-26-20(28)17-6-1-2-7-18(17)22-23-26/h1-7,14H,8-13H2. The summed E-state index contributed by atoms with van der Waals surface area (Å²) in [5.74, 6) is 0.0209. The number of carbonyl (C=O) groups is 1. The molecule has 1 amide bonds. The van der Waals surface area contributed by atoms with E-state index in [1.165, 1.54) is 4.68 Å². The molecular formula is C20H20ClN5O2. The molecule has 0 bridgehead atoms. The Morgan fingerprint density at radius 2 is 1.82 bits per heavy atom. The Kier molecular flexibility index (Phi) is 5.25. The summed E-state index contributed by atoms with van der Waals surface area (Å²) in [4.78, 5) is 29.1. The molecule has 0 N–H and O–H groups in total. The van der Waals surface area contributed by atoms with Gasteiger partial charge in [0, 0.05) is 43.3 Å². The molecular weight excluding hydrogens is 378 g/mol. The molecule has 0 radical (unpaired) electrons. The smallest absolute Gasteiger partial charge is 0.277 e. The first-order valence-electron chi connectivity index (χ1n) is 9.23. The van der Waals surface area contributed by atoms with E-state index >= 15 is 0 Å². The summed E-state index contributed by atoms with van der Waals surface area (Å²) in [6.45, 7) is 3.01. The monoisotopic (exact) mass is 397 g/mol. The molecule has 1 aliphatic rings. The van der Waals surface area contributed by atoms with Crippen molar-refractivity contribution in [1.82, 2.24) is 19.9 Å². The van der Waals surface area contributed by atoms with Crippen LogP contribution in [-0.2, 0) is 11.3 Å². The van der Waals surface area contributed by atoms with Gasteiger partial charge < -0.3 is 9.80 Å². The third-order valence-corrected chi connectivity index (χ3v) is 5.21. The van der Waals surface area contributed by atoms with Crippen molar-refractivity contribution < 1.29 is 4.79 Å². The molecule has 28 heavy (non-hydrogen) atoms. The van der Waals surface area contributed by atoms with Crippen molar-refractivity contribution in [2.24, 2.45) is 0 Å². The summed E-state index contributed by atoms with van der Waals surface area (Å²) in [5, 5.41) is 9.22. The van der Waals surface area contributed by atoms with Crippen LogP contribution in [0.2, 0.25) is 5.02 Å². The lowest BCUT2D eigenvalue weighted by Gasteiger charge is -2.36. The third-order valence-electron chi connectivity index (χ3n) is 4.97. The number of aromatic nitrogens is 3. The summed E-state index contributed by atoms with van der Waals surface area (Å²) >= 11 is 6.06. The van der Waals surface area contributed by atoms with Crippen LogP contribution in [0.1, 0.15) is 6.42 Å². The SMILES string of the molecule is O=C(CCn1nnc2ccccc2c1=O)N1CCN(c2cccc(Cl)c2)CC1. The average molecular weight is 398 g/mol. The maximum Gasteiger partial charge on any atom is 0.277 e. The number of amides is 1. The molecule has 3 aromatic rings. The van der Waals surface area contributed by atoms with Crippen molar-refractivity contribution in [3.63, 3.8) is 0 Å². The van der Waals surface area contributed by atoms with Gasteiger partial charge in [0.1, 0.15) is 5.52 Å². The zero-order chi connectivity index (χ0) is 19.5. The van der Waals surface area contributed by atoms with E-state index in [-0.39, 0.29) is 24.4 Å². The highest BCUT2D eigenvalue weighted by atomic mass is 35.5. The highest BCUT2D eigenvalue weighted by Gasteiger charge is 2.21. The van der Waals surface area contributed by atoms with Gasteiger partial charge in [0.25, 0.3) is 5.56 Å². The van der Waals surface area contributed by atoms with Gasteiger partial charge in [0.05, 0.1) is 11.9 Å². The topological polar surface area (TPSA) is 71.3 Å². The van der Waals surface area contributed by atoms with E-state index in [2.05, 4.69) is 15.2 Å². The molecule has 0 spiro atoms. The zero-order valence-electron chi connectivity index (χ0n) is 15.3. The Balaban J connectivity index is 1.35. The van der Waals surface area contributed by atoms with Crippen molar-refractivity contribution in [2.75, 3.05) is 31.1 Å². The lowest BCUT2D eigenvalue weighted by molar-refractivity contribution is -0.131. The van der Waals surface area contributed by atoms with Crippen LogP contribution in [0.5, 0.6) is 0 Å². The third kappa shape index (κ3) is 3.84. The summed E-state index contributed by atoms with van der Waals surface area (Å²) in [7, 11) is 0. The first kappa shape index (κ1) is 18.4. The molecule has 2 heterocycles. The maximum atomic E-state index is 12.6. The number of rotatable bonds is 4. The highest BCUT2D eigenvalue weighted by molar-refractivity contribution is 6.30.